The van der Waals surface area contributed by atoms with Gasteiger partial charge in [-0.2, -0.15) is 0 Å². The summed E-state index contributed by atoms with van der Waals surface area (Å²) in [5, 5.41) is 7.93. The second-order valence-corrected chi connectivity index (χ2v) is 6.67. The third kappa shape index (κ3) is 3.18. The summed E-state index contributed by atoms with van der Waals surface area (Å²) in [6.45, 7) is 0.639. The Morgan fingerprint density at radius 1 is 1.42 bits per heavy atom. The number of nitrogens with one attached hydrogen (secondary N) is 3. The number of hydrogen-bond acceptors (Lipinski definition) is 6. The summed E-state index contributed by atoms with van der Waals surface area (Å²) >= 11 is 1.59. The van der Waals surface area contributed by atoms with Crippen LogP contribution in [0.4, 0.5) is 5.69 Å². The molecule has 8 heteroatoms. The Morgan fingerprint density at radius 3 is 3.08 bits per heavy atom. The molecule has 0 aliphatic carbocycles. The number of rotatable bonds is 5. The van der Waals surface area contributed by atoms with E-state index < -0.39 is 0 Å². The summed E-state index contributed by atoms with van der Waals surface area (Å²) in [6.07, 6.45) is 4.95. The summed E-state index contributed by atoms with van der Waals surface area (Å²) in [4.78, 5) is 25.3. The molecule has 2 aromatic heterocycles. The molecular weight excluding hydrogens is 350 g/mol. The summed E-state index contributed by atoms with van der Waals surface area (Å²) < 4.78 is 5.42. The topological polar surface area (TPSA) is 91.4 Å². The molecule has 0 saturated carbocycles. The number of benzene rings is 1. The van der Waals surface area contributed by atoms with E-state index >= 15 is 0 Å². The van der Waals surface area contributed by atoms with E-state index in [1.807, 2.05) is 23.6 Å². The first kappa shape index (κ1) is 16.3. The van der Waals surface area contributed by atoms with Gasteiger partial charge in [0, 0.05) is 6.08 Å². The van der Waals surface area contributed by atoms with Crippen LogP contribution in [-0.4, -0.2) is 41.9 Å². The molecule has 0 fully saturated rings. The summed E-state index contributed by atoms with van der Waals surface area (Å²) in [7, 11) is 1.61. The van der Waals surface area contributed by atoms with E-state index in [9.17, 15) is 4.79 Å². The Labute approximate surface area is 153 Å². The number of amides is 1. The van der Waals surface area contributed by atoms with Gasteiger partial charge in [0.15, 0.2) is 0 Å². The van der Waals surface area contributed by atoms with E-state index in [4.69, 9.17) is 4.74 Å². The number of aromatic amines is 1. The summed E-state index contributed by atoms with van der Waals surface area (Å²) in [5.41, 5.74) is 2.05. The van der Waals surface area contributed by atoms with Crippen LogP contribution in [0.15, 0.2) is 46.8 Å². The van der Waals surface area contributed by atoms with Gasteiger partial charge in [0.05, 0.1) is 36.6 Å². The van der Waals surface area contributed by atoms with Gasteiger partial charge >= 0.3 is 0 Å². The summed E-state index contributed by atoms with van der Waals surface area (Å²) in [5.74, 6) is 1.21. The van der Waals surface area contributed by atoms with Crippen molar-refractivity contribution in [1.82, 2.24) is 15.3 Å². The first-order chi connectivity index (χ1) is 12.7. The lowest BCUT2D eigenvalue weighted by atomic mass is 10.2. The van der Waals surface area contributed by atoms with Crippen LogP contribution in [0.2, 0.25) is 0 Å². The highest BCUT2D eigenvalue weighted by molar-refractivity contribution is 7.13. The third-order valence-corrected chi connectivity index (χ3v) is 4.88. The average molecular weight is 367 g/mol. The van der Waals surface area contributed by atoms with Crippen LogP contribution in [0.3, 0.4) is 0 Å². The van der Waals surface area contributed by atoms with Crippen molar-refractivity contribution in [3.8, 4) is 16.5 Å². The molecule has 26 heavy (non-hydrogen) atoms. The second-order valence-electron chi connectivity index (χ2n) is 5.72. The highest BCUT2D eigenvalue weighted by Crippen LogP contribution is 2.33. The van der Waals surface area contributed by atoms with Crippen molar-refractivity contribution in [3.05, 3.63) is 41.8 Å². The van der Waals surface area contributed by atoms with Gasteiger partial charge in [-0.05, 0) is 23.6 Å². The maximum atomic E-state index is 12.3. The molecule has 3 heterocycles. The Kier molecular flexibility index (Phi) is 4.40. The Bertz CT molecular complexity index is 983. The zero-order chi connectivity index (χ0) is 17.9. The van der Waals surface area contributed by atoms with Crippen LogP contribution in [0.1, 0.15) is 0 Å². The maximum Gasteiger partial charge on any atom is 0.248 e. The number of ether oxygens (including phenoxy) is 1. The van der Waals surface area contributed by atoms with Crippen LogP contribution in [0.25, 0.3) is 21.7 Å². The Balaban J connectivity index is 1.63. The Hall–Kier alpha value is -3.13. The predicted octanol–water partition coefficient (Wildman–Crippen LogP) is 2.79. The van der Waals surface area contributed by atoms with Crippen molar-refractivity contribution >= 4 is 40.3 Å². The minimum Gasteiger partial charge on any atom is -0.494 e. The van der Waals surface area contributed by atoms with Gasteiger partial charge in [0.2, 0.25) is 5.91 Å². The monoisotopic (exact) mass is 367 g/mol. The molecule has 1 amide bonds. The van der Waals surface area contributed by atoms with Crippen LogP contribution >= 0.6 is 11.3 Å². The molecule has 0 bridgehead atoms. The number of carbonyl (C=O) groups is 1. The van der Waals surface area contributed by atoms with E-state index in [1.54, 1.807) is 36.9 Å². The number of aliphatic imine (C=N–C) groups is 1. The lowest BCUT2D eigenvalue weighted by Crippen LogP contribution is -2.22. The molecule has 1 atom stereocenters. The third-order valence-electron chi connectivity index (χ3n) is 4.00. The molecular formula is C18H17N5O2S. The largest absolute Gasteiger partial charge is 0.494 e. The Morgan fingerprint density at radius 2 is 2.35 bits per heavy atom. The van der Waals surface area contributed by atoms with Gasteiger partial charge in [-0.1, -0.05) is 12.1 Å². The zero-order valence-electron chi connectivity index (χ0n) is 14.0. The molecule has 3 N–H and O–H groups in total. The standard InChI is InChI=1S/C18H17N5O2S/c1-25-13-6-5-12(21-15(24)7-4-11-9-19-10-20-11)16-17(13)23-18(22-16)14-3-2-8-26-14/h2-8,10-11H,9H2,1H3,(H,19,20)(H,21,24)(H,22,23)/b7-4+. The van der Waals surface area contributed by atoms with Crippen molar-refractivity contribution in [1.29, 1.82) is 0 Å². The zero-order valence-corrected chi connectivity index (χ0v) is 14.8. The summed E-state index contributed by atoms with van der Waals surface area (Å²) in [6, 6.07) is 7.63. The SMILES string of the molecule is COc1ccc(NC(=O)/C=C/C2CN=CN2)c2nc(-c3cccs3)[nH]c12. The molecule has 4 rings (SSSR count). The van der Waals surface area contributed by atoms with E-state index in [2.05, 4.69) is 25.6 Å². The number of H-pyrrole nitrogens is 1. The van der Waals surface area contributed by atoms with Gasteiger partial charge in [0.1, 0.15) is 22.6 Å². The smallest absolute Gasteiger partial charge is 0.248 e. The van der Waals surface area contributed by atoms with Crippen LogP contribution in [0.5, 0.6) is 5.75 Å². The number of thiophene rings is 1. The van der Waals surface area contributed by atoms with Crippen LogP contribution in [0, 0.1) is 0 Å². The normalized spacial score (nSPS) is 16.3. The minimum atomic E-state index is -0.217. The molecule has 0 saturated heterocycles. The van der Waals surface area contributed by atoms with Crippen molar-refractivity contribution in [2.45, 2.75) is 6.04 Å². The molecule has 7 nitrogen and oxygen atoms in total. The van der Waals surface area contributed by atoms with Crippen molar-refractivity contribution in [2.75, 3.05) is 19.0 Å². The number of fused-ring (bicyclic) bond motifs is 1. The number of hydrogen-bond donors (Lipinski definition) is 3. The lowest BCUT2D eigenvalue weighted by molar-refractivity contribution is -0.111. The van der Waals surface area contributed by atoms with Crippen LogP contribution < -0.4 is 15.4 Å². The molecule has 1 aliphatic heterocycles. The highest BCUT2D eigenvalue weighted by atomic mass is 32.1. The number of nitrogens with zero attached hydrogens (tertiary/aromatic N) is 2. The fourth-order valence-electron chi connectivity index (χ4n) is 2.73. The second kappa shape index (κ2) is 7.01. The number of imidazole rings is 1. The van der Waals surface area contributed by atoms with E-state index in [0.29, 0.717) is 23.5 Å². The molecule has 0 radical (unpaired) electrons. The fraction of sp³-hybridized carbons (Fsp3) is 0.167. The van der Waals surface area contributed by atoms with E-state index in [0.717, 1.165) is 16.2 Å². The molecule has 132 valence electrons. The van der Waals surface area contributed by atoms with Gasteiger partial charge in [-0.25, -0.2) is 4.98 Å². The average Bonchev–Trinajstić information content (AvgIpc) is 3.41. The number of methoxy groups -OCH3 is 1. The minimum absolute atomic E-state index is 0.0625. The van der Waals surface area contributed by atoms with Crippen molar-refractivity contribution in [2.24, 2.45) is 4.99 Å². The van der Waals surface area contributed by atoms with Gasteiger partial charge in [-0.15, -0.1) is 11.3 Å². The van der Waals surface area contributed by atoms with E-state index in [-0.39, 0.29) is 11.9 Å². The van der Waals surface area contributed by atoms with Crippen LogP contribution in [-0.2, 0) is 4.79 Å². The van der Waals surface area contributed by atoms with Gasteiger partial charge < -0.3 is 20.4 Å². The van der Waals surface area contributed by atoms with E-state index in [1.165, 1.54) is 6.08 Å². The van der Waals surface area contributed by atoms with Crippen molar-refractivity contribution in [3.63, 3.8) is 0 Å². The first-order valence-electron chi connectivity index (χ1n) is 8.08. The maximum absolute atomic E-state index is 12.3. The molecule has 3 aromatic rings. The van der Waals surface area contributed by atoms with Crippen molar-refractivity contribution < 1.29 is 9.53 Å². The fourth-order valence-corrected chi connectivity index (χ4v) is 3.40. The molecule has 0 spiro atoms. The number of carbonyl (C=O) groups excluding carboxylic acids is 1. The predicted molar refractivity (Wildman–Crippen MR) is 104 cm³/mol. The first-order valence-corrected chi connectivity index (χ1v) is 8.96. The van der Waals surface area contributed by atoms with Gasteiger partial charge in [0.25, 0.3) is 0 Å². The number of aromatic nitrogens is 2. The highest BCUT2D eigenvalue weighted by Gasteiger charge is 2.15. The van der Waals surface area contributed by atoms with Gasteiger partial charge in [-0.3, -0.25) is 9.79 Å². The molecule has 1 aromatic carbocycles. The molecule has 1 aliphatic rings. The quantitative estimate of drug-likeness (QED) is 0.605. The lowest BCUT2D eigenvalue weighted by Gasteiger charge is -2.07. The molecule has 1 unspecified atom stereocenters. The number of anilines is 1.